The first-order chi connectivity index (χ1) is 10.8. The minimum atomic E-state index is 0.113. The van der Waals surface area contributed by atoms with Gasteiger partial charge in [0.15, 0.2) is 0 Å². The minimum Gasteiger partial charge on any atom is -0.361 e. The summed E-state index contributed by atoms with van der Waals surface area (Å²) in [7, 11) is 0. The predicted octanol–water partition coefficient (Wildman–Crippen LogP) is 0.826. The fourth-order valence-electron chi connectivity index (χ4n) is 3.66. The van der Waals surface area contributed by atoms with Crippen LogP contribution >= 0.6 is 0 Å². The van der Waals surface area contributed by atoms with Crippen LogP contribution in [-0.2, 0) is 11.2 Å². The van der Waals surface area contributed by atoms with Crippen LogP contribution in [0.3, 0.4) is 0 Å². The molecule has 0 aliphatic carbocycles. The molecule has 3 saturated heterocycles. The number of rotatable bonds is 4. The molecule has 22 heavy (non-hydrogen) atoms. The SMILES string of the molecule is O=C(Cc1c[nH]c2ccccc12)NCC1CN2CCN1CC2. The smallest absolute Gasteiger partial charge is 0.224 e. The molecule has 2 bridgehead atoms. The summed E-state index contributed by atoms with van der Waals surface area (Å²) >= 11 is 0. The summed E-state index contributed by atoms with van der Waals surface area (Å²) in [6.07, 6.45) is 2.39. The zero-order valence-corrected chi connectivity index (χ0v) is 12.7. The molecule has 2 aromatic rings. The van der Waals surface area contributed by atoms with Crippen LogP contribution < -0.4 is 5.32 Å². The number of carbonyl (C=O) groups excluding carboxylic acids is 1. The molecule has 3 aliphatic heterocycles. The second-order valence-electron chi connectivity index (χ2n) is 6.33. The van der Waals surface area contributed by atoms with Gasteiger partial charge in [0, 0.05) is 62.4 Å². The van der Waals surface area contributed by atoms with Gasteiger partial charge in [-0.2, -0.15) is 0 Å². The van der Waals surface area contributed by atoms with Crippen LogP contribution in [0.15, 0.2) is 30.5 Å². The Morgan fingerprint density at radius 1 is 1.23 bits per heavy atom. The lowest BCUT2D eigenvalue weighted by atomic mass is 10.1. The number of aromatic amines is 1. The Kier molecular flexibility index (Phi) is 3.60. The molecule has 5 heteroatoms. The number of piperazine rings is 3. The number of hydrogen-bond donors (Lipinski definition) is 2. The lowest BCUT2D eigenvalue weighted by Crippen LogP contribution is -2.63. The van der Waals surface area contributed by atoms with Gasteiger partial charge in [-0.1, -0.05) is 18.2 Å². The first-order valence-corrected chi connectivity index (χ1v) is 8.08. The molecule has 1 atom stereocenters. The summed E-state index contributed by atoms with van der Waals surface area (Å²) < 4.78 is 0. The van der Waals surface area contributed by atoms with Crippen LogP contribution in [0.5, 0.6) is 0 Å². The third-order valence-electron chi connectivity index (χ3n) is 4.95. The standard InChI is InChI=1S/C17H22N4O/c22-17(9-13-10-18-16-4-2-1-3-15(13)16)19-11-14-12-20-5-7-21(14)8-6-20/h1-4,10,14,18H,5-9,11-12H2,(H,19,22). The van der Waals surface area contributed by atoms with Crippen LogP contribution in [-0.4, -0.2) is 66.0 Å². The van der Waals surface area contributed by atoms with E-state index in [2.05, 4.69) is 26.2 Å². The van der Waals surface area contributed by atoms with Gasteiger partial charge in [0.05, 0.1) is 6.42 Å². The summed E-state index contributed by atoms with van der Waals surface area (Å²) in [5.41, 5.74) is 2.16. The van der Waals surface area contributed by atoms with Crippen LogP contribution in [0.4, 0.5) is 0 Å². The van der Waals surface area contributed by atoms with Gasteiger partial charge in [-0.15, -0.1) is 0 Å². The molecule has 116 valence electrons. The van der Waals surface area contributed by atoms with Gasteiger partial charge >= 0.3 is 0 Å². The number of nitrogens with one attached hydrogen (secondary N) is 2. The van der Waals surface area contributed by atoms with Crippen molar-refractivity contribution < 1.29 is 4.79 Å². The largest absolute Gasteiger partial charge is 0.361 e. The van der Waals surface area contributed by atoms with E-state index in [0.29, 0.717) is 12.5 Å². The summed E-state index contributed by atoms with van der Waals surface area (Å²) in [5.74, 6) is 0.113. The third-order valence-corrected chi connectivity index (χ3v) is 4.95. The van der Waals surface area contributed by atoms with E-state index in [4.69, 9.17) is 0 Å². The molecule has 1 amide bonds. The monoisotopic (exact) mass is 298 g/mol. The zero-order chi connectivity index (χ0) is 14.9. The lowest BCUT2D eigenvalue weighted by Gasteiger charge is -2.47. The number of fused-ring (bicyclic) bond motifs is 4. The third kappa shape index (κ3) is 2.62. The van der Waals surface area contributed by atoms with E-state index >= 15 is 0 Å². The molecular formula is C17H22N4O. The highest BCUT2D eigenvalue weighted by Gasteiger charge is 2.31. The van der Waals surface area contributed by atoms with Gasteiger partial charge in [0.2, 0.25) is 5.91 Å². The fraction of sp³-hybridized carbons (Fsp3) is 0.471. The van der Waals surface area contributed by atoms with Crippen molar-refractivity contribution in [3.63, 3.8) is 0 Å². The highest BCUT2D eigenvalue weighted by Crippen LogP contribution is 2.18. The number of para-hydroxylation sites is 1. The first-order valence-electron chi connectivity index (χ1n) is 8.08. The van der Waals surface area contributed by atoms with Crippen LogP contribution in [0.25, 0.3) is 10.9 Å². The van der Waals surface area contributed by atoms with E-state index < -0.39 is 0 Å². The Morgan fingerprint density at radius 3 is 2.82 bits per heavy atom. The molecule has 4 heterocycles. The molecule has 1 aromatic carbocycles. The van der Waals surface area contributed by atoms with Crippen LogP contribution in [0, 0.1) is 0 Å². The van der Waals surface area contributed by atoms with Crippen molar-refractivity contribution in [3.8, 4) is 0 Å². The Labute approximate surface area is 130 Å². The first kappa shape index (κ1) is 13.8. The van der Waals surface area contributed by atoms with E-state index in [0.717, 1.165) is 42.6 Å². The van der Waals surface area contributed by atoms with Crippen LogP contribution in [0.2, 0.25) is 0 Å². The minimum absolute atomic E-state index is 0.113. The summed E-state index contributed by atoms with van der Waals surface area (Å²) in [6, 6.07) is 8.60. The van der Waals surface area contributed by atoms with Gasteiger partial charge in [-0.25, -0.2) is 0 Å². The number of amides is 1. The highest BCUT2D eigenvalue weighted by molar-refractivity contribution is 5.88. The second-order valence-corrected chi connectivity index (χ2v) is 6.33. The molecule has 1 aromatic heterocycles. The molecule has 1 unspecified atom stereocenters. The lowest BCUT2D eigenvalue weighted by molar-refractivity contribution is -0.121. The topological polar surface area (TPSA) is 51.4 Å². The van der Waals surface area contributed by atoms with Gasteiger partial charge in [-0.3, -0.25) is 14.6 Å². The van der Waals surface area contributed by atoms with E-state index in [9.17, 15) is 4.79 Å². The van der Waals surface area contributed by atoms with E-state index in [1.807, 2.05) is 24.4 Å². The highest BCUT2D eigenvalue weighted by atomic mass is 16.1. The Balaban J connectivity index is 1.35. The number of nitrogens with zero attached hydrogens (tertiary/aromatic N) is 2. The molecule has 0 radical (unpaired) electrons. The molecule has 3 fully saturated rings. The summed E-state index contributed by atoms with van der Waals surface area (Å²) in [4.78, 5) is 20.5. The number of carbonyl (C=O) groups is 1. The maximum absolute atomic E-state index is 12.2. The number of hydrogen-bond acceptors (Lipinski definition) is 3. The Hall–Kier alpha value is -1.85. The maximum Gasteiger partial charge on any atom is 0.224 e. The van der Waals surface area contributed by atoms with Gasteiger partial charge in [0.1, 0.15) is 0 Å². The molecule has 0 saturated carbocycles. The van der Waals surface area contributed by atoms with Crippen molar-refractivity contribution in [1.29, 1.82) is 0 Å². The predicted molar refractivity (Wildman–Crippen MR) is 86.8 cm³/mol. The van der Waals surface area contributed by atoms with E-state index in [-0.39, 0.29) is 5.91 Å². The van der Waals surface area contributed by atoms with E-state index in [1.54, 1.807) is 0 Å². The average molecular weight is 298 g/mol. The number of benzene rings is 1. The van der Waals surface area contributed by atoms with Gasteiger partial charge < -0.3 is 10.3 Å². The zero-order valence-electron chi connectivity index (χ0n) is 12.7. The summed E-state index contributed by atoms with van der Waals surface area (Å²) in [5, 5.41) is 4.26. The molecule has 0 spiro atoms. The van der Waals surface area contributed by atoms with Crippen molar-refractivity contribution in [1.82, 2.24) is 20.1 Å². The average Bonchev–Trinajstić information content (AvgIpc) is 2.97. The molecule has 5 rings (SSSR count). The molecule has 3 aliphatic rings. The van der Waals surface area contributed by atoms with Crippen molar-refractivity contribution in [2.24, 2.45) is 0 Å². The van der Waals surface area contributed by atoms with Crippen molar-refractivity contribution in [2.75, 3.05) is 39.3 Å². The second kappa shape index (κ2) is 5.74. The van der Waals surface area contributed by atoms with Crippen molar-refractivity contribution >= 4 is 16.8 Å². The normalized spacial score (nSPS) is 27.2. The fourth-order valence-corrected chi connectivity index (χ4v) is 3.66. The van der Waals surface area contributed by atoms with Crippen molar-refractivity contribution in [2.45, 2.75) is 12.5 Å². The number of aromatic nitrogens is 1. The molecular weight excluding hydrogens is 276 g/mol. The van der Waals surface area contributed by atoms with E-state index in [1.165, 1.54) is 13.1 Å². The van der Waals surface area contributed by atoms with Gasteiger partial charge in [-0.05, 0) is 11.6 Å². The molecule has 5 nitrogen and oxygen atoms in total. The number of H-pyrrole nitrogens is 1. The molecule has 2 N–H and O–H groups in total. The van der Waals surface area contributed by atoms with Crippen LogP contribution in [0.1, 0.15) is 5.56 Å². The Bertz CT molecular complexity index is 672. The summed E-state index contributed by atoms with van der Waals surface area (Å²) in [6.45, 7) is 6.50. The maximum atomic E-state index is 12.2. The van der Waals surface area contributed by atoms with Gasteiger partial charge in [0.25, 0.3) is 0 Å². The Morgan fingerprint density at radius 2 is 2.05 bits per heavy atom. The van der Waals surface area contributed by atoms with Crippen molar-refractivity contribution in [3.05, 3.63) is 36.0 Å². The quantitative estimate of drug-likeness (QED) is 0.879.